The van der Waals surface area contributed by atoms with Crippen LogP contribution >= 0.6 is 0 Å². The minimum Gasteiger partial charge on any atom is -0.381 e. The fourth-order valence-corrected chi connectivity index (χ4v) is 2.81. The van der Waals surface area contributed by atoms with E-state index < -0.39 is 9.84 Å². The average molecular weight is 284 g/mol. The maximum Gasteiger partial charge on any atom is 0.177 e. The third kappa shape index (κ3) is 3.91. The molecule has 2 rings (SSSR count). The Hall–Kier alpha value is -1.14. The largest absolute Gasteiger partial charge is 0.381 e. The number of sulfone groups is 1. The second-order valence-corrected chi connectivity index (χ2v) is 7.10. The fourth-order valence-electron chi connectivity index (χ4n) is 2.25. The summed E-state index contributed by atoms with van der Waals surface area (Å²) in [7, 11) is -1.20. The first kappa shape index (κ1) is 14.3. The molecule has 0 saturated carbocycles. The summed E-state index contributed by atoms with van der Waals surface area (Å²) < 4.78 is 28.2. The minimum absolute atomic E-state index is 0.255. The molecule has 1 aromatic rings. The van der Waals surface area contributed by atoms with E-state index in [4.69, 9.17) is 4.74 Å². The van der Waals surface area contributed by atoms with Crippen LogP contribution in [-0.4, -0.2) is 46.5 Å². The SMILES string of the molecule is CN(CC1CCCOC1)c1ccc(S(C)(=O)=O)cn1. The van der Waals surface area contributed by atoms with Crippen molar-refractivity contribution in [2.24, 2.45) is 5.92 Å². The number of hydrogen-bond acceptors (Lipinski definition) is 5. The second kappa shape index (κ2) is 5.88. The lowest BCUT2D eigenvalue weighted by atomic mass is 10.0. The van der Waals surface area contributed by atoms with Gasteiger partial charge in [0.1, 0.15) is 5.82 Å². The topological polar surface area (TPSA) is 59.5 Å². The molecule has 0 amide bonds. The summed E-state index contributed by atoms with van der Waals surface area (Å²) in [5.74, 6) is 1.31. The van der Waals surface area contributed by atoms with Gasteiger partial charge < -0.3 is 9.64 Å². The van der Waals surface area contributed by atoms with Gasteiger partial charge in [-0.05, 0) is 30.9 Å². The van der Waals surface area contributed by atoms with Gasteiger partial charge in [-0.25, -0.2) is 13.4 Å². The van der Waals surface area contributed by atoms with E-state index in [-0.39, 0.29) is 4.90 Å². The number of nitrogens with zero attached hydrogens (tertiary/aromatic N) is 2. The summed E-state index contributed by atoms with van der Waals surface area (Å²) in [6, 6.07) is 3.35. The third-order valence-electron chi connectivity index (χ3n) is 3.33. The molecule has 106 valence electrons. The standard InChI is InChI=1S/C13H20N2O3S/c1-15(9-11-4-3-7-18-10-11)13-6-5-12(8-14-13)19(2,16)17/h5-6,8,11H,3-4,7,9-10H2,1-2H3. The van der Waals surface area contributed by atoms with Crippen molar-refractivity contribution in [1.82, 2.24) is 4.98 Å². The predicted molar refractivity (Wildman–Crippen MR) is 74.2 cm³/mol. The van der Waals surface area contributed by atoms with Crippen molar-refractivity contribution in [1.29, 1.82) is 0 Å². The fraction of sp³-hybridized carbons (Fsp3) is 0.615. The Morgan fingerprint density at radius 2 is 2.26 bits per heavy atom. The summed E-state index contributed by atoms with van der Waals surface area (Å²) >= 11 is 0. The Kier molecular flexibility index (Phi) is 4.42. The molecule has 0 aliphatic carbocycles. The Bertz CT molecular complexity index is 507. The van der Waals surface area contributed by atoms with E-state index in [0.29, 0.717) is 5.92 Å². The van der Waals surface area contributed by atoms with Gasteiger partial charge in [0.15, 0.2) is 9.84 Å². The van der Waals surface area contributed by atoms with Crippen LogP contribution in [0.25, 0.3) is 0 Å². The quantitative estimate of drug-likeness (QED) is 0.835. The Morgan fingerprint density at radius 1 is 1.47 bits per heavy atom. The monoisotopic (exact) mass is 284 g/mol. The summed E-state index contributed by atoms with van der Waals surface area (Å²) in [6.45, 7) is 2.54. The maximum atomic E-state index is 11.4. The summed E-state index contributed by atoms with van der Waals surface area (Å²) in [5, 5.41) is 0. The zero-order valence-corrected chi connectivity index (χ0v) is 12.2. The van der Waals surface area contributed by atoms with E-state index >= 15 is 0 Å². The first-order valence-electron chi connectivity index (χ1n) is 6.42. The van der Waals surface area contributed by atoms with Crippen molar-refractivity contribution in [2.45, 2.75) is 17.7 Å². The Labute approximate surface area is 114 Å². The van der Waals surface area contributed by atoms with E-state index in [1.807, 2.05) is 11.9 Å². The highest BCUT2D eigenvalue weighted by atomic mass is 32.2. The molecule has 0 N–H and O–H groups in total. The summed E-state index contributed by atoms with van der Waals surface area (Å²) in [6.07, 6.45) is 4.88. The molecule has 1 atom stereocenters. The number of aromatic nitrogens is 1. The van der Waals surface area contributed by atoms with Crippen molar-refractivity contribution in [3.05, 3.63) is 18.3 Å². The normalized spacial score (nSPS) is 20.2. The molecule has 0 aromatic carbocycles. The maximum absolute atomic E-state index is 11.4. The van der Waals surface area contributed by atoms with Crippen LogP contribution in [0.15, 0.2) is 23.2 Å². The highest BCUT2D eigenvalue weighted by Gasteiger charge is 2.17. The molecule has 1 saturated heterocycles. The number of pyridine rings is 1. The van der Waals surface area contributed by atoms with Crippen LogP contribution in [0.5, 0.6) is 0 Å². The van der Waals surface area contributed by atoms with Crippen molar-refractivity contribution in [3.8, 4) is 0 Å². The van der Waals surface area contributed by atoms with Gasteiger partial charge in [0, 0.05) is 32.7 Å². The second-order valence-electron chi connectivity index (χ2n) is 5.09. The van der Waals surface area contributed by atoms with Gasteiger partial charge >= 0.3 is 0 Å². The molecule has 6 heteroatoms. The van der Waals surface area contributed by atoms with Gasteiger partial charge in [-0.15, -0.1) is 0 Å². The van der Waals surface area contributed by atoms with Gasteiger partial charge in [-0.1, -0.05) is 0 Å². The Morgan fingerprint density at radius 3 is 2.79 bits per heavy atom. The van der Waals surface area contributed by atoms with Crippen molar-refractivity contribution in [3.63, 3.8) is 0 Å². The van der Waals surface area contributed by atoms with E-state index in [0.717, 1.165) is 32.0 Å². The Balaban J connectivity index is 2.01. The van der Waals surface area contributed by atoms with Gasteiger partial charge in [0.2, 0.25) is 0 Å². The molecule has 0 bridgehead atoms. The number of hydrogen-bond donors (Lipinski definition) is 0. The number of anilines is 1. The highest BCUT2D eigenvalue weighted by Crippen LogP contribution is 2.18. The zero-order valence-electron chi connectivity index (χ0n) is 11.4. The first-order valence-corrected chi connectivity index (χ1v) is 8.31. The number of ether oxygens (including phenoxy) is 1. The molecule has 1 unspecified atom stereocenters. The van der Waals surface area contributed by atoms with Gasteiger partial charge in [-0.3, -0.25) is 0 Å². The molecular formula is C13H20N2O3S. The lowest BCUT2D eigenvalue weighted by Crippen LogP contribution is -2.31. The van der Waals surface area contributed by atoms with E-state index in [9.17, 15) is 8.42 Å². The van der Waals surface area contributed by atoms with Crippen molar-refractivity contribution < 1.29 is 13.2 Å². The minimum atomic E-state index is -3.17. The van der Waals surface area contributed by atoms with Crippen LogP contribution in [0, 0.1) is 5.92 Å². The molecular weight excluding hydrogens is 264 g/mol. The number of rotatable bonds is 4. The molecule has 0 radical (unpaired) electrons. The van der Waals surface area contributed by atoms with Gasteiger partial charge in [-0.2, -0.15) is 0 Å². The molecule has 1 aromatic heterocycles. The van der Waals surface area contributed by atoms with Gasteiger partial charge in [0.25, 0.3) is 0 Å². The molecule has 19 heavy (non-hydrogen) atoms. The van der Waals surface area contributed by atoms with E-state index in [2.05, 4.69) is 4.98 Å². The van der Waals surface area contributed by atoms with Crippen molar-refractivity contribution in [2.75, 3.05) is 38.0 Å². The smallest absolute Gasteiger partial charge is 0.177 e. The molecule has 0 spiro atoms. The van der Waals surface area contributed by atoms with Crippen LogP contribution in [0.4, 0.5) is 5.82 Å². The lowest BCUT2D eigenvalue weighted by Gasteiger charge is -2.27. The van der Waals surface area contributed by atoms with E-state index in [1.165, 1.54) is 18.9 Å². The van der Waals surface area contributed by atoms with Gasteiger partial charge in [0.05, 0.1) is 11.5 Å². The van der Waals surface area contributed by atoms with Crippen LogP contribution in [0.2, 0.25) is 0 Å². The summed E-state index contributed by atoms with van der Waals surface area (Å²) in [5.41, 5.74) is 0. The molecule has 5 nitrogen and oxygen atoms in total. The molecule has 1 aliphatic heterocycles. The molecule has 1 aliphatic rings. The highest BCUT2D eigenvalue weighted by molar-refractivity contribution is 7.90. The predicted octanol–water partition coefficient (Wildman–Crippen LogP) is 1.35. The van der Waals surface area contributed by atoms with Crippen molar-refractivity contribution >= 4 is 15.7 Å². The van der Waals surface area contributed by atoms with E-state index in [1.54, 1.807) is 12.1 Å². The molecule has 1 fully saturated rings. The van der Waals surface area contributed by atoms with Crippen LogP contribution in [-0.2, 0) is 14.6 Å². The van der Waals surface area contributed by atoms with Crippen LogP contribution < -0.4 is 4.90 Å². The average Bonchev–Trinajstić information content (AvgIpc) is 2.39. The summed E-state index contributed by atoms with van der Waals surface area (Å²) in [4.78, 5) is 6.52. The molecule has 2 heterocycles. The first-order chi connectivity index (χ1) is 8.97. The zero-order chi connectivity index (χ0) is 13.9. The van der Waals surface area contributed by atoms with Crippen LogP contribution in [0.3, 0.4) is 0 Å². The third-order valence-corrected chi connectivity index (χ3v) is 4.42. The lowest BCUT2D eigenvalue weighted by molar-refractivity contribution is 0.0576. The van der Waals surface area contributed by atoms with Crippen LogP contribution in [0.1, 0.15) is 12.8 Å².